The van der Waals surface area contributed by atoms with Gasteiger partial charge in [0.25, 0.3) is 0 Å². The summed E-state index contributed by atoms with van der Waals surface area (Å²) in [6, 6.07) is 19.5. The fourth-order valence-electron chi connectivity index (χ4n) is 2.27. The molecule has 0 aliphatic heterocycles. The highest BCUT2D eigenvalue weighted by atomic mass is 35.5. The van der Waals surface area contributed by atoms with E-state index in [1.54, 1.807) is 0 Å². The van der Waals surface area contributed by atoms with Crippen LogP contribution in [-0.2, 0) is 0 Å². The van der Waals surface area contributed by atoms with Crippen LogP contribution in [0.15, 0.2) is 54.6 Å². The zero-order valence-corrected chi connectivity index (χ0v) is 10.4. The second-order valence-corrected chi connectivity index (χ2v) is 4.46. The highest BCUT2D eigenvalue weighted by Gasteiger charge is 2.36. The zero-order valence-electron chi connectivity index (χ0n) is 9.54. The van der Waals surface area contributed by atoms with Gasteiger partial charge < -0.3 is 5.73 Å². The van der Waals surface area contributed by atoms with E-state index in [9.17, 15) is 0 Å². The van der Waals surface area contributed by atoms with Gasteiger partial charge in [0.15, 0.2) is 0 Å². The molecule has 2 N–H and O–H groups in total. The Balaban J connectivity index is 0.00000108. The molecule has 0 radical (unpaired) electrons. The first-order valence-electron chi connectivity index (χ1n) is 5.76. The molecule has 17 heavy (non-hydrogen) atoms. The zero-order chi connectivity index (χ0) is 11.0. The lowest BCUT2D eigenvalue weighted by atomic mass is 9.97. The van der Waals surface area contributed by atoms with E-state index in [0.29, 0.717) is 12.0 Å². The van der Waals surface area contributed by atoms with Crippen molar-refractivity contribution in [1.82, 2.24) is 0 Å². The van der Waals surface area contributed by atoms with E-state index in [1.807, 2.05) is 0 Å². The third-order valence-corrected chi connectivity index (χ3v) is 3.28. The van der Waals surface area contributed by atoms with Crippen molar-refractivity contribution in [2.45, 2.75) is 18.4 Å². The predicted octanol–water partition coefficient (Wildman–Crippen LogP) is 3.59. The van der Waals surface area contributed by atoms with Crippen LogP contribution >= 0.6 is 12.4 Å². The number of halogens is 1. The highest BCUT2D eigenvalue weighted by molar-refractivity contribution is 5.85. The van der Waals surface area contributed by atoms with Gasteiger partial charge in [0.2, 0.25) is 0 Å². The molecule has 1 fully saturated rings. The van der Waals surface area contributed by atoms with Crippen LogP contribution in [-0.4, -0.2) is 6.04 Å². The number of hydrogen-bond donors (Lipinski definition) is 1. The van der Waals surface area contributed by atoms with Crippen molar-refractivity contribution in [1.29, 1.82) is 0 Å². The summed E-state index contributed by atoms with van der Waals surface area (Å²) < 4.78 is 0. The molecule has 0 unspecified atom stereocenters. The third-order valence-electron chi connectivity index (χ3n) is 3.28. The minimum absolute atomic E-state index is 0. The predicted molar refractivity (Wildman–Crippen MR) is 74.5 cm³/mol. The van der Waals surface area contributed by atoms with Gasteiger partial charge >= 0.3 is 0 Å². The molecular formula is C15H16ClN. The third kappa shape index (κ3) is 2.36. The summed E-state index contributed by atoms with van der Waals surface area (Å²) in [5.74, 6) is 0.566. The maximum Gasteiger partial charge on any atom is 0.0115 e. The molecule has 1 aliphatic rings. The molecule has 2 aromatic rings. The average molecular weight is 246 g/mol. The summed E-state index contributed by atoms with van der Waals surface area (Å²) in [5, 5.41) is 0. The van der Waals surface area contributed by atoms with Gasteiger partial charge in [-0.05, 0) is 23.1 Å². The Morgan fingerprint density at radius 2 is 1.47 bits per heavy atom. The van der Waals surface area contributed by atoms with Crippen molar-refractivity contribution in [3.8, 4) is 11.1 Å². The molecule has 2 heteroatoms. The van der Waals surface area contributed by atoms with Crippen molar-refractivity contribution in [3.05, 3.63) is 60.2 Å². The Kier molecular flexibility index (Phi) is 3.51. The Morgan fingerprint density at radius 1 is 0.882 bits per heavy atom. The molecule has 0 aromatic heterocycles. The van der Waals surface area contributed by atoms with E-state index in [0.717, 1.165) is 6.42 Å². The van der Waals surface area contributed by atoms with Crippen LogP contribution < -0.4 is 5.73 Å². The molecule has 0 amide bonds. The molecule has 1 nitrogen and oxygen atoms in total. The van der Waals surface area contributed by atoms with Gasteiger partial charge in [-0.25, -0.2) is 0 Å². The fraction of sp³-hybridized carbons (Fsp3) is 0.200. The first-order chi connectivity index (χ1) is 7.86. The van der Waals surface area contributed by atoms with Crippen molar-refractivity contribution in [2.24, 2.45) is 5.73 Å². The molecule has 2 aromatic carbocycles. The van der Waals surface area contributed by atoms with Crippen LogP contribution in [0, 0.1) is 0 Å². The SMILES string of the molecule is Cl.N[C@@H]1C[C@H]1c1ccccc1-c1ccccc1. The molecule has 0 spiro atoms. The van der Waals surface area contributed by atoms with Crippen LogP contribution in [0.2, 0.25) is 0 Å². The lowest BCUT2D eigenvalue weighted by molar-refractivity contribution is 0.992. The molecular weight excluding hydrogens is 230 g/mol. The molecule has 1 aliphatic carbocycles. The second kappa shape index (κ2) is 4.91. The summed E-state index contributed by atoms with van der Waals surface area (Å²) in [6.45, 7) is 0. The van der Waals surface area contributed by atoms with Gasteiger partial charge in [-0.3, -0.25) is 0 Å². The van der Waals surface area contributed by atoms with Crippen LogP contribution in [0.25, 0.3) is 11.1 Å². The maximum absolute atomic E-state index is 5.95. The summed E-state index contributed by atoms with van der Waals surface area (Å²) in [5.41, 5.74) is 9.97. The minimum atomic E-state index is 0. The quantitative estimate of drug-likeness (QED) is 0.860. The Labute approximate surface area is 108 Å². The summed E-state index contributed by atoms with van der Waals surface area (Å²) >= 11 is 0. The first kappa shape index (κ1) is 12.2. The van der Waals surface area contributed by atoms with E-state index >= 15 is 0 Å². The van der Waals surface area contributed by atoms with Gasteiger partial charge in [-0.2, -0.15) is 0 Å². The summed E-state index contributed by atoms with van der Waals surface area (Å²) in [6.07, 6.45) is 1.13. The highest BCUT2D eigenvalue weighted by Crippen LogP contribution is 2.43. The Bertz CT molecular complexity index is 495. The topological polar surface area (TPSA) is 26.0 Å². The molecule has 0 saturated heterocycles. The van der Waals surface area contributed by atoms with Crippen molar-refractivity contribution >= 4 is 12.4 Å². The Morgan fingerprint density at radius 3 is 2.12 bits per heavy atom. The second-order valence-electron chi connectivity index (χ2n) is 4.46. The summed E-state index contributed by atoms with van der Waals surface area (Å²) in [4.78, 5) is 0. The van der Waals surface area contributed by atoms with Gasteiger partial charge in [-0.1, -0.05) is 54.6 Å². The molecule has 2 atom stereocenters. The van der Waals surface area contributed by atoms with Crippen LogP contribution in [0.4, 0.5) is 0 Å². The van der Waals surface area contributed by atoms with Gasteiger partial charge in [0.05, 0.1) is 0 Å². The number of hydrogen-bond acceptors (Lipinski definition) is 1. The molecule has 3 rings (SSSR count). The van der Waals surface area contributed by atoms with Crippen molar-refractivity contribution in [3.63, 3.8) is 0 Å². The molecule has 0 heterocycles. The largest absolute Gasteiger partial charge is 0.327 e. The smallest absolute Gasteiger partial charge is 0.0115 e. The average Bonchev–Trinajstić information content (AvgIpc) is 3.08. The number of benzene rings is 2. The van der Waals surface area contributed by atoms with Gasteiger partial charge in [-0.15, -0.1) is 12.4 Å². The molecule has 0 bridgehead atoms. The van der Waals surface area contributed by atoms with Crippen molar-refractivity contribution < 1.29 is 0 Å². The Hall–Kier alpha value is -1.31. The first-order valence-corrected chi connectivity index (χ1v) is 5.76. The van der Waals surface area contributed by atoms with Crippen LogP contribution in [0.1, 0.15) is 17.9 Å². The maximum atomic E-state index is 5.95. The van der Waals surface area contributed by atoms with Crippen molar-refractivity contribution in [2.75, 3.05) is 0 Å². The number of rotatable bonds is 2. The van der Waals surface area contributed by atoms with E-state index in [-0.39, 0.29) is 12.4 Å². The van der Waals surface area contributed by atoms with Crippen LogP contribution in [0.3, 0.4) is 0 Å². The fourth-order valence-corrected chi connectivity index (χ4v) is 2.27. The lowest BCUT2D eigenvalue weighted by Gasteiger charge is -2.08. The molecule has 88 valence electrons. The van der Waals surface area contributed by atoms with E-state index in [2.05, 4.69) is 54.6 Å². The van der Waals surface area contributed by atoms with Gasteiger partial charge in [0.1, 0.15) is 0 Å². The van der Waals surface area contributed by atoms with Gasteiger partial charge in [0, 0.05) is 12.0 Å². The van der Waals surface area contributed by atoms with E-state index < -0.39 is 0 Å². The van der Waals surface area contributed by atoms with E-state index in [4.69, 9.17) is 5.73 Å². The van der Waals surface area contributed by atoms with E-state index in [1.165, 1.54) is 16.7 Å². The number of nitrogens with two attached hydrogens (primary N) is 1. The minimum Gasteiger partial charge on any atom is -0.327 e. The lowest BCUT2D eigenvalue weighted by Crippen LogP contribution is -2.01. The van der Waals surface area contributed by atoms with Crippen LogP contribution in [0.5, 0.6) is 0 Å². The normalized spacial score (nSPS) is 21.7. The monoisotopic (exact) mass is 245 g/mol. The molecule has 1 saturated carbocycles. The summed E-state index contributed by atoms with van der Waals surface area (Å²) in [7, 11) is 0. The standard InChI is InChI=1S/C15H15N.ClH/c16-15-10-14(15)13-9-5-4-8-12(13)11-6-2-1-3-7-11;/h1-9,14-15H,10,16H2;1H/t14-,15+;/m0./s1.